The molecular formula is C46H38F6N8O4. The van der Waals surface area contributed by atoms with Crippen LogP contribution in [-0.4, -0.2) is 44.0 Å². The number of anilines is 6. The van der Waals surface area contributed by atoms with Crippen molar-refractivity contribution in [3.05, 3.63) is 142 Å². The number of amides is 2. The highest BCUT2D eigenvalue weighted by Gasteiger charge is 2.38. The molecule has 0 atom stereocenters. The molecule has 0 bridgehead atoms. The number of carbonyl (C=O) groups excluding carboxylic acids is 2. The van der Waals surface area contributed by atoms with Gasteiger partial charge in [-0.3, -0.25) is 9.59 Å². The predicted molar refractivity (Wildman–Crippen MR) is 224 cm³/mol. The Morgan fingerprint density at radius 3 is 1.55 bits per heavy atom. The number of nitrogens with zero attached hydrogens (tertiary/aromatic N) is 4. The molecule has 4 aromatic carbocycles. The number of nitrogens with one attached hydrogen (secondary N) is 4. The van der Waals surface area contributed by atoms with Crippen molar-refractivity contribution in [3.8, 4) is 11.9 Å². The third-order valence-electron chi connectivity index (χ3n) is 11.2. The molecular weight excluding hydrogens is 843 g/mol. The molecule has 64 heavy (non-hydrogen) atoms. The van der Waals surface area contributed by atoms with Crippen LogP contribution in [0.5, 0.6) is 11.9 Å². The highest BCUT2D eigenvalue weighted by molar-refractivity contribution is 5.95. The van der Waals surface area contributed by atoms with Crippen molar-refractivity contribution in [1.82, 2.24) is 19.9 Å². The summed E-state index contributed by atoms with van der Waals surface area (Å²) in [5.41, 5.74) is 6.67. The van der Waals surface area contributed by atoms with Crippen molar-refractivity contribution < 1.29 is 45.4 Å². The van der Waals surface area contributed by atoms with Gasteiger partial charge in [-0.15, -0.1) is 0 Å². The maximum absolute atomic E-state index is 13.6. The lowest BCUT2D eigenvalue weighted by molar-refractivity contribution is -0.140. The number of hydrogen-bond acceptors (Lipinski definition) is 10. The van der Waals surface area contributed by atoms with Crippen molar-refractivity contribution in [2.45, 2.75) is 75.9 Å². The fourth-order valence-electron chi connectivity index (χ4n) is 8.13. The van der Waals surface area contributed by atoms with Gasteiger partial charge in [-0.05, 0) is 82.6 Å². The molecule has 4 aliphatic rings. The fourth-order valence-corrected chi connectivity index (χ4v) is 8.13. The average Bonchev–Trinajstić information content (AvgIpc) is 3.86. The first-order chi connectivity index (χ1) is 30.7. The Labute approximate surface area is 361 Å². The Morgan fingerprint density at radius 1 is 0.547 bits per heavy atom. The number of hydrogen-bond donors (Lipinski definition) is 4. The first-order valence-corrected chi connectivity index (χ1v) is 20.4. The smallest absolute Gasteiger partial charge is 0.423 e. The highest BCUT2D eigenvalue weighted by atomic mass is 19.4. The summed E-state index contributed by atoms with van der Waals surface area (Å²) in [5.74, 6) is -0.983. The number of aryl methyl sites for hydroxylation is 2. The highest BCUT2D eigenvalue weighted by Crippen LogP contribution is 2.39. The van der Waals surface area contributed by atoms with Gasteiger partial charge in [0.1, 0.15) is 29.2 Å². The molecule has 2 aliphatic carbocycles. The van der Waals surface area contributed by atoms with Crippen molar-refractivity contribution in [1.29, 1.82) is 0 Å². The van der Waals surface area contributed by atoms with Crippen LogP contribution in [0.2, 0.25) is 0 Å². The number of ether oxygens (including phenoxy) is 2. The second kappa shape index (κ2) is 17.1. The standard InChI is InChI=1S/2C23H19F3N4O2/c24-23(25,26)18-12-27-22(28-16-6-7-19-15(9-16)5-8-20(31)29-19)30-21(18)32-17-10-13-3-1-2-4-14(13)11-17;24-23(25,26)18-12-27-22(32-17-10-13-3-1-2-4-14(13)11-17)30-21(18)28-16-6-7-19-15(9-16)5-8-20(31)29-19/h2*1-4,6-7,9,12,17H,5,8,10-11H2,(H,29,31)(H,27,28,30). The number of fused-ring (bicyclic) bond motifs is 4. The lowest BCUT2D eigenvalue weighted by Crippen LogP contribution is -2.21. The summed E-state index contributed by atoms with van der Waals surface area (Å²) in [6.45, 7) is 0. The summed E-state index contributed by atoms with van der Waals surface area (Å²) in [6, 6.07) is 25.8. The largest absolute Gasteiger partial charge is 0.473 e. The molecule has 12 nitrogen and oxygen atoms in total. The third-order valence-corrected chi connectivity index (χ3v) is 11.2. The molecule has 0 fully saturated rings. The van der Waals surface area contributed by atoms with Crippen LogP contribution < -0.4 is 30.7 Å². The summed E-state index contributed by atoms with van der Waals surface area (Å²) < 4.78 is 92.9. The molecule has 0 unspecified atom stereocenters. The number of benzene rings is 4. The Morgan fingerprint density at radius 2 is 1.03 bits per heavy atom. The van der Waals surface area contributed by atoms with Crippen molar-refractivity contribution in [2.75, 3.05) is 21.3 Å². The minimum atomic E-state index is -4.64. The predicted octanol–water partition coefficient (Wildman–Crippen LogP) is 9.34. The van der Waals surface area contributed by atoms with Gasteiger partial charge >= 0.3 is 18.4 Å². The van der Waals surface area contributed by atoms with Gasteiger partial charge in [0.25, 0.3) is 0 Å². The second-order valence-electron chi connectivity index (χ2n) is 15.7. The molecule has 2 aromatic heterocycles. The van der Waals surface area contributed by atoms with E-state index in [1.165, 1.54) is 0 Å². The maximum atomic E-state index is 13.6. The molecule has 2 amide bonds. The summed E-state index contributed by atoms with van der Waals surface area (Å²) in [4.78, 5) is 38.8. The van der Waals surface area contributed by atoms with Crippen LogP contribution in [0, 0.1) is 0 Å². The molecule has 0 radical (unpaired) electrons. The van der Waals surface area contributed by atoms with E-state index < -0.39 is 35.5 Å². The molecule has 0 saturated carbocycles. The SMILES string of the molecule is O=C1CCc2cc(Nc3nc(OC4Cc5ccccc5C4)ncc3C(F)(F)F)ccc2N1.O=C1CCc2cc(Nc3ncc(C(F)(F)F)c(OC4Cc5ccccc5C4)n3)ccc2N1. The van der Waals surface area contributed by atoms with Crippen LogP contribution in [0.25, 0.3) is 0 Å². The van der Waals surface area contributed by atoms with Crippen molar-refractivity contribution in [2.24, 2.45) is 0 Å². The van der Waals surface area contributed by atoms with E-state index in [2.05, 4.69) is 41.2 Å². The van der Waals surface area contributed by atoms with E-state index >= 15 is 0 Å². The Balaban J connectivity index is 0.000000162. The lowest BCUT2D eigenvalue weighted by atomic mass is 10.0. The number of halogens is 6. The van der Waals surface area contributed by atoms with E-state index in [1.54, 1.807) is 30.3 Å². The van der Waals surface area contributed by atoms with Crippen LogP contribution in [-0.2, 0) is 60.5 Å². The van der Waals surface area contributed by atoms with E-state index in [0.717, 1.165) is 51.5 Å². The van der Waals surface area contributed by atoms with Crippen LogP contribution in [0.4, 0.5) is 60.9 Å². The van der Waals surface area contributed by atoms with Gasteiger partial charge in [0.05, 0.1) is 0 Å². The van der Waals surface area contributed by atoms with E-state index in [-0.39, 0.29) is 35.7 Å². The lowest BCUT2D eigenvalue weighted by Gasteiger charge is -2.19. The van der Waals surface area contributed by atoms with E-state index in [0.29, 0.717) is 68.4 Å². The minimum absolute atomic E-state index is 0.00306. The maximum Gasteiger partial charge on any atom is 0.423 e. The molecule has 2 aliphatic heterocycles. The van der Waals surface area contributed by atoms with Gasteiger partial charge in [0, 0.05) is 73.7 Å². The van der Waals surface area contributed by atoms with Crippen LogP contribution in [0.3, 0.4) is 0 Å². The van der Waals surface area contributed by atoms with Crippen molar-refractivity contribution >= 4 is 46.3 Å². The van der Waals surface area contributed by atoms with Crippen molar-refractivity contribution in [3.63, 3.8) is 0 Å². The summed E-state index contributed by atoms with van der Waals surface area (Å²) >= 11 is 0. The molecule has 6 aromatic rings. The summed E-state index contributed by atoms with van der Waals surface area (Å²) in [5, 5.41) is 11.2. The topological polar surface area (TPSA) is 152 Å². The van der Waals surface area contributed by atoms with Gasteiger partial charge in [-0.1, -0.05) is 48.5 Å². The summed E-state index contributed by atoms with van der Waals surface area (Å²) in [7, 11) is 0. The van der Waals surface area contributed by atoms with Gasteiger partial charge in [0.15, 0.2) is 0 Å². The molecule has 4 heterocycles. The Bertz CT molecular complexity index is 2720. The van der Waals surface area contributed by atoms with Gasteiger partial charge < -0.3 is 30.7 Å². The number of rotatable bonds is 8. The zero-order valence-corrected chi connectivity index (χ0v) is 33.7. The molecule has 10 rings (SSSR count). The van der Waals surface area contributed by atoms with Gasteiger partial charge in [-0.25, -0.2) is 9.97 Å². The molecule has 0 spiro atoms. The van der Waals surface area contributed by atoms with Gasteiger partial charge in [-0.2, -0.15) is 36.3 Å². The fraction of sp³-hybridized carbons (Fsp3) is 0.261. The zero-order valence-electron chi connectivity index (χ0n) is 33.7. The monoisotopic (exact) mass is 880 g/mol. The van der Waals surface area contributed by atoms with E-state index in [4.69, 9.17) is 9.47 Å². The zero-order chi connectivity index (χ0) is 44.6. The third kappa shape index (κ3) is 9.55. The van der Waals surface area contributed by atoms with Crippen LogP contribution in [0.15, 0.2) is 97.3 Å². The van der Waals surface area contributed by atoms with Crippen LogP contribution in [0.1, 0.15) is 57.3 Å². The number of alkyl halides is 6. The Hall–Kier alpha value is -7.24. The van der Waals surface area contributed by atoms with Gasteiger partial charge in [0.2, 0.25) is 23.6 Å². The molecule has 4 N–H and O–H groups in total. The minimum Gasteiger partial charge on any atom is -0.473 e. The first kappa shape index (κ1) is 42.1. The Kier molecular flexibility index (Phi) is 11.3. The number of aromatic nitrogens is 4. The average molecular weight is 881 g/mol. The van der Waals surface area contributed by atoms with E-state index in [9.17, 15) is 35.9 Å². The second-order valence-corrected chi connectivity index (χ2v) is 15.7. The quantitative estimate of drug-likeness (QED) is 0.109. The van der Waals surface area contributed by atoms with Crippen LogP contribution >= 0.6 is 0 Å². The summed E-state index contributed by atoms with van der Waals surface area (Å²) in [6.07, 6.45) is -4.27. The molecule has 328 valence electrons. The first-order valence-electron chi connectivity index (χ1n) is 20.4. The molecule has 18 heteroatoms. The molecule has 0 saturated heterocycles. The van der Waals surface area contributed by atoms with E-state index in [1.807, 2.05) is 54.6 Å². The number of carbonyl (C=O) groups is 2. The normalized spacial score (nSPS) is 15.7.